The monoisotopic (exact) mass is 251 g/mol. The second kappa shape index (κ2) is 5.02. The summed E-state index contributed by atoms with van der Waals surface area (Å²) in [5.74, 6) is 0.934. The molecule has 0 aromatic rings. The van der Waals surface area contributed by atoms with E-state index in [9.17, 15) is 9.59 Å². The lowest BCUT2D eigenvalue weighted by atomic mass is 9.56. The normalized spacial score (nSPS) is 37.1. The molecule has 2 fully saturated rings. The fourth-order valence-electron chi connectivity index (χ4n) is 4.29. The van der Waals surface area contributed by atoms with E-state index < -0.39 is 0 Å². The first kappa shape index (κ1) is 13.6. The first-order valence-corrected chi connectivity index (χ1v) is 7.32. The molecule has 18 heavy (non-hydrogen) atoms. The van der Waals surface area contributed by atoms with E-state index in [1.807, 2.05) is 0 Å². The molecule has 3 unspecified atom stereocenters. The van der Waals surface area contributed by atoms with Crippen molar-refractivity contribution in [3.63, 3.8) is 0 Å². The number of rotatable bonds is 2. The van der Waals surface area contributed by atoms with E-state index >= 15 is 0 Å². The topological polar surface area (TPSA) is 46.2 Å². The van der Waals surface area contributed by atoms with Crippen molar-refractivity contribution in [1.29, 1.82) is 0 Å². The van der Waals surface area contributed by atoms with Gasteiger partial charge in [-0.15, -0.1) is 0 Å². The van der Waals surface area contributed by atoms with Crippen LogP contribution in [0.2, 0.25) is 0 Å². The van der Waals surface area contributed by atoms with Crippen molar-refractivity contribution in [2.75, 3.05) is 0 Å². The average molecular weight is 251 g/mol. The molecule has 2 rings (SSSR count). The van der Waals surface area contributed by atoms with Gasteiger partial charge in [0.1, 0.15) is 0 Å². The molecule has 1 heterocycles. The van der Waals surface area contributed by atoms with Gasteiger partial charge in [-0.1, -0.05) is 40.0 Å². The predicted octanol–water partition coefficient (Wildman–Crippen LogP) is 2.89. The van der Waals surface area contributed by atoms with Gasteiger partial charge in [-0.2, -0.15) is 0 Å². The number of piperidine rings is 1. The lowest BCUT2D eigenvalue weighted by Gasteiger charge is -2.49. The lowest BCUT2D eigenvalue weighted by molar-refractivity contribution is -0.148. The van der Waals surface area contributed by atoms with Crippen molar-refractivity contribution in [1.82, 2.24) is 5.32 Å². The summed E-state index contributed by atoms with van der Waals surface area (Å²) >= 11 is 0. The van der Waals surface area contributed by atoms with Crippen molar-refractivity contribution in [2.24, 2.45) is 23.2 Å². The van der Waals surface area contributed by atoms with Gasteiger partial charge < -0.3 is 0 Å². The highest BCUT2D eigenvalue weighted by atomic mass is 16.2. The van der Waals surface area contributed by atoms with Crippen LogP contribution in [0.4, 0.5) is 0 Å². The molecule has 1 aliphatic heterocycles. The Morgan fingerprint density at radius 2 is 2.11 bits per heavy atom. The van der Waals surface area contributed by atoms with Gasteiger partial charge in [0.15, 0.2) is 0 Å². The number of amides is 2. The molecule has 2 amide bonds. The molecule has 3 atom stereocenters. The van der Waals surface area contributed by atoms with Crippen molar-refractivity contribution in [3.8, 4) is 0 Å². The molecule has 1 N–H and O–H groups in total. The van der Waals surface area contributed by atoms with Gasteiger partial charge in [0.2, 0.25) is 11.8 Å². The van der Waals surface area contributed by atoms with Crippen LogP contribution in [-0.2, 0) is 9.59 Å². The number of nitrogens with one attached hydrogen (secondary N) is 1. The number of carbonyl (C=O) groups is 2. The SMILES string of the molecule is CCC1CCCC2(CC(=O)NC(=O)C2C(C)C)C1. The number of carbonyl (C=O) groups excluding carboxylic acids is 2. The zero-order chi connectivity index (χ0) is 13.3. The molecule has 2 aliphatic rings. The Morgan fingerprint density at radius 3 is 2.72 bits per heavy atom. The zero-order valence-electron chi connectivity index (χ0n) is 11.8. The molecule has 3 heteroatoms. The van der Waals surface area contributed by atoms with Crippen molar-refractivity contribution in [2.45, 2.75) is 59.3 Å². The standard InChI is InChI=1S/C15H25NO2/c1-4-11-6-5-7-15(8-11)9-12(17)16-14(18)13(15)10(2)3/h10-11,13H,4-9H2,1-3H3,(H,16,17,18). The summed E-state index contributed by atoms with van der Waals surface area (Å²) in [6, 6.07) is 0. The zero-order valence-corrected chi connectivity index (χ0v) is 11.8. The van der Waals surface area contributed by atoms with E-state index in [1.165, 1.54) is 19.3 Å². The summed E-state index contributed by atoms with van der Waals surface area (Å²) in [7, 11) is 0. The van der Waals surface area contributed by atoms with Gasteiger partial charge in [-0.05, 0) is 30.1 Å². The molecule has 0 aromatic heterocycles. The van der Waals surface area contributed by atoms with Crippen molar-refractivity contribution < 1.29 is 9.59 Å². The smallest absolute Gasteiger partial charge is 0.230 e. The molecule has 1 saturated carbocycles. The fourth-order valence-corrected chi connectivity index (χ4v) is 4.29. The Bertz CT molecular complexity index is 350. The summed E-state index contributed by atoms with van der Waals surface area (Å²) in [6.45, 7) is 6.44. The Hall–Kier alpha value is -0.860. The Labute approximate surface area is 110 Å². The highest BCUT2D eigenvalue weighted by molar-refractivity contribution is 5.99. The van der Waals surface area contributed by atoms with Crippen LogP contribution in [0.1, 0.15) is 59.3 Å². The molecule has 1 spiro atoms. The van der Waals surface area contributed by atoms with Gasteiger partial charge in [0.05, 0.1) is 0 Å². The molecule has 0 aromatic carbocycles. The van der Waals surface area contributed by atoms with Gasteiger partial charge >= 0.3 is 0 Å². The lowest BCUT2D eigenvalue weighted by Crippen LogP contribution is -2.55. The molecule has 1 aliphatic carbocycles. The van der Waals surface area contributed by atoms with Crippen LogP contribution in [0, 0.1) is 23.2 Å². The molecular weight excluding hydrogens is 226 g/mol. The number of hydrogen-bond donors (Lipinski definition) is 1. The second-order valence-corrected chi connectivity index (χ2v) is 6.54. The molecule has 3 nitrogen and oxygen atoms in total. The van der Waals surface area contributed by atoms with Gasteiger partial charge in [-0.3, -0.25) is 14.9 Å². The van der Waals surface area contributed by atoms with Crippen LogP contribution in [-0.4, -0.2) is 11.8 Å². The van der Waals surface area contributed by atoms with E-state index in [2.05, 4.69) is 26.1 Å². The fraction of sp³-hybridized carbons (Fsp3) is 0.867. The third kappa shape index (κ3) is 2.32. The molecular formula is C15H25NO2. The largest absolute Gasteiger partial charge is 0.296 e. The first-order valence-electron chi connectivity index (χ1n) is 7.32. The Morgan fingerprint density at radius 1 is 1.39 bits per heavy atom. The maximum absolute atomic E-state index is 12.2. The van der Waals surface area contributed by atoms with E-state index in [-0.39, 0.29) is 23.1 Å². The summed E-state index contributed by atoms with van der Waals surface area (Å²) in [5.41, 5.74) is -0.0491. The summed E-state index contributed by atoms with van der Waals surface area (Å²) in [6.07, 6.45) is 6.26. The molecule has 0 bridgehead atoms. The Kier molecular flexibility index (Phi) is 3.79. The second-order valence-electron chi connectivity index (χ2n) is 6.54. The third-order valence-electron chi connectivity index (χ3n) is 4.94. The molecule has 0 radical (unpaired) electrons. The third-order valence-corrected chi connectivity index (χ3v) is 4.94. The minimum absolute atomic E-state index is 0.0181. The van der Waals surface area contributed by atoms with Crippen LogP contribution in [0.5, 0.6) is 0 Å². The van der Waals surface area contributed by atoms with Gasteiger partial charge in [-0.25, -0.2) is 0 Å². The minimum Gasteiger partial charge on any atom is -0.296 e. The van der Waals surface area contributed by atoms with E-state index in [0.717, 1.165) is 12.8 Å². The van der Waals surface area contributed by atoms with Crippen molar-refractivity contribution >= 4 is 11.8 Å². The van der Waals surface area contributed by atoms with Crippen LogP contribution in [0.15, 0.2) is 0 Å². The summed E-state index contributed by atoms with van der Waals surface area (Å²) in [5, 5.41) is 2.54. The van der Waals surface area contributed by atoms with E-state index in [0.29, 0.717) is 18.3 Å². The first-order chi connectivity index (χ1) is 8.48. The predicted molar refractivity (Wildman–Crippen MR) is 70.8 cm³/mol. The molecule has 102 valence electrons. The van der Waals surface area contributed by atoms with Crippen LogP contribution in [0.3, 0.4) is 0 Å². The van der Waals surface area contributed by atoms with Gasteiger partial charge in [0.25, 0.3) is 0 Å². The highest BCUT2D eigenvalue weighted by Crippen LogP contribution is 2.52. The van der Waals surface area contributed by atoms with Crippen molar-refractivity contribution in [3.05, 3.63) is 0 Å². The van der Waals surface area contributed by atoms with E-state index in [4.69, 9.17) is 0 Å². The number of hydrogen-bond acceptors (Lipinski definition) is 2. The summed E-state index contributed by atoms with van der Waals surface area (Å²) < 4.78 is 0. The molecule has 1 saturated heterocycles. The highest BCUT2D eigenvalue weighted by Gasteiger charge is 2.51. The van der Waals surface area contributed by atoms with Crippen LogP contribution in [0.25, 0.3) is 0 Å². The van der Waals surface area contributed by atoms with Crippen LogP contribution < -0.4 is 5.32 Å². The van der Waals surface area contributed by atoms with Crippen LogP contribution >= 0.6 is 0 Å². The average Bonchev–Trinajstić information content (AvgIpc) is 2.26. The minimum atomic E-state index is -0.0614. The summed E-state index contributed by atoms with van der Waals surface area (Å²) in [4.78, 5) is 24.0. The number of imide groups is 1. The quantitative estimate of drug-likeness (QED) is 0.767. The Balaban J connectivity index is 2.29. The van der Waals surface area contributed by atoms with Gasteiger partial charge in [0, 0.05) is 12.3 Å². The maximum Gasteiger partial charge on any atom is 0.230 e. The maximum atomic E-state index is 12.2. The van der Waals surface area contributed by atoms with E-state index in [1.54, 1.807) is 0 Å².